The Morgan fingerprint density at radius 3 is 3.06 bits per heavy atom. The summed E-state index contributed by atoms with van der Waals surface area (Å²) in [5.41, 5.74) is 3.12. The molecule has 2 N–H and O–H groups in total. The highest BCUT2D eigenvalue weighted by atomic mass is 35.5. The van der Waals surface area contributed by atoms with Crippen molar-refractivity contribution >= 4 is 39.0 Å². The number of fused-ring (bicyclic) bond motifs is 1. The maximum Gasteiger partial charge on any atom is 0.182 e. The molecule has 0 radical (unpaired) electrons. The first kappa shape index (κ1) is 10.6. The Balaban J connectivity index is 2.19. The van der Waals surface area contributed by atoms with Crippen LogP contribution in [0.15, 0.2) is 29.8 Å². The zero-order valence-corrected chi connectivity index (χ0v) is 10.7. The maximum atomic E-state index is 6.02. The lowest BCUT2D eigenvalue weighted by atomic mass is 10.1. The molecule has 0 aliphatic carbocycles. The number of hydrogen-bond acceptors (Lipinski definition) is 3. The third kappa shape index (κ3) is 1.79. The summed E-state index contributed by atoms with van der Waals surface area (Å²) in [6.07, 6.45) is 1.97. The predicted octanol–water partition coefficient (Wildman–Crippen LogP) is 3.99. The topological polar surface area (TPSA) is 40.7 Å². The van der Waals surface area contributed by atoms with E-state index in [2.05, 4.69) is 15.3 Å². The van der Waals surface area contributed by atoms with E-state index >= 15 is 0 Å². The smallest absolute Gasteiger partial charge is 0.182 e. The molecule has 17 heavy (non-hydrogen) atoms. The molecule has 0 bridgehead atoms. The summed E-state index contributed by atoms with van der Waals surface area (Å²) < 4.78 is 0. The fourth-order valence-corrected chi connectivity index (χ4v) is 2.66. The Labute approximate surface area is 107 Å². The van der Waals surface area contributed by atoms with Crippen molar-refractivity contribution < 1.29 is 0 Å². The fourth-order valence-electron chi connectivity index (χ4n) is 1.82. The Bertz CT molecular complexity index is 671. The van der Waals surface area contributed by atoms with Gasteiger partial charge in [-0.1, -0.05) is 11.6 Å². The molecule has 5 heteroatoms. The molecule has 0 saturated carbocycles. The molecule has 3 rings (SSSR count). The van der Waals surface area contributed by atoms with E-state index in [1.54, 1.807) is 11.3 Å². The van der Waals surface area contributed by atoms with Crippen LogP contribution in [-0.2, 0) is 0 Å². The van der Waals surface area contributed by atoms with E-state index in [-0.39, 0.29) is 0 Å². The van der Waals surface area contributed by atoms with Crippen molar-refractivity contribution in [1.29, 1.82) is 0 Å². The molecule has 1 aromatic carbocycles. The van der Waals surface area contributed by atoms with Gasteiger partial charge < -0.3 is 10.3 Å². The van der Waals surface area contributed by atoms with Crippen LogP contribution in [0.1, 0.15) is 0 Å². The Morgan fingerprint density at radius 2 is 2.29 bits per heavy atom. The molecule has 0 saturated heterocycles. The predicted molar refractivity (Wildman–Crippen MR) is 74.0 cm³/mol. The van der Waals surface area contributed by atoms with Crippen LogP contribution in [0.3, 0.4) is 0 Å². The average molecular weight is 264 g/mol. The monoisotopic (exact) mass is 263 g/mol. The molecule has 3 nitrogen and oxygen atoms in total. The van der Waals surface area contributed by atoms with E-state index in [0.29, 0.717) is 0 Å². The van der Waals surface area contributed by atoms with Crippen molar-refractivity contribution in [1.82, 2.24) is 9.97 Å². The van der Waals surface area contributed by atoms with Crippen molar-refractivity contribution in [3.8, 4) is 11.3 Å². The Kier molecular flexibility index (Phi) is 2.53. The molecule has 86 valence electrons. The number of nitrogens with one attached hydrogen (secondary N) is 2. The van der Waals surface area contributed by atoms with Crippen LogP contribution < -0.4 is 5.32 Å². The maximum absolute atomic E-state index is 6.02. The number of aromatic nitrogens is 2. The SMILES string of the molecule is CNc1nc(-c2c[nH]c3ccc(Cl)cc23)cs1. The third-order valence-corrected chi connectivity index (χ3v) is 3.73. The number of H-pyrrole nitrogens is 1. The standard InChI is InChI=1S/C12H10ClN3S/c1-14-12-16-11(6-17-12)9-5-15-10-3-2-7(13)4-8(9)10/h2-6,15H,1H3,(H,14,16). The van der Waals surface area contributed by atoms with E-state index in [1.807, 2.05) is 36.8 Å². The van der Waals surface area contributed by atoms with Gasteiger partial charge in [0.1, 0.15) is 0 Å². The third-order valence-electron chi connectivity index (χ3n) is 2.64. The van der Waals surface area contributed by atoms with Crippen LogP contribution in [-0.4, -0.2) is 17.0 Å². The van der Waals surface area contributed by atoms with Gasteiger partial charge in [0.15, 0.2) is 5.13 Å². The minimum atomic E-state index is 0.738. The first-order chi connectivity index (χ1) is 8.28. The van der Waals surface area contributed by atoms with E-state index < -0.39 is 0 Å². The normalized spacial score (nSPS) is 10.9. The minimum Gasteiger partial charge on any atom is -0.365 e. The summed E-state index contributed by atoms with van der Waals surface area (Å²) in [6.45, 7) is 0. The summed E-state index contributed by atoms with van der Waals surface area (Å²) in [7, 11) is 1.87. The van der Waals surface area contributed by atoms with Crippen LogP contribution >= 0.6 is 22.9 Å². The summed E-state index contributed by atoms with van der Waals surface area (Å²) in [5.74, 6) is 0. The highest BCUT2D eigenvalue weighted by Crippen LogP contribution is 2.32. The van der Waals surface area contributed by atoms with E-state index in [1.165, 1.54) is 0 Å². The van der Waals surface area contributed by atoms with E-state index in [4.69, 9.17) is 11.6 Å². The lowest BCUT2D eigenvalue weighted by Crippen LogP contribution is -1.85. The molecule has 2 aromatic heterocycles. The number of rotatable bonds is 2. The van der Waals surface area contributed by atoms with Crippen molar-refractivity contribution in [2.24, 2.45) is 0 Å². The zero-order valence-electron chi connectivity index (χ0n) is 9.12. The van der Waals surface area contributed by atoms with Crippen LogP contribution in [0.2, 0.25) is 5.02 Å². The molecule has 0 aliphatic rings. The molecule has 2 heterocycles. The van der Waals surface area contributed by atoms with Gasteiger partial charge in [-0.25, -0.2) is 4.98 Å². The van der Waals surface area contributed by atoms with E-state index in [9.17, 15) is 0 Å². The number of nitrogens with zero attached hydrogens (tertiary/aromatic N) is 1. The number of thiazole rings is 1. The Hall–Kier alpha value is -1.52. The summed E-state index contributed by atoms with van der Waals surface area (Å²) in [6, 6.07) is 5.82. The van der Waals surface area contributed by atoms with Crippen LogP contribution in [0.25, 0.3) is 22.2 Å². The fraction of sp³-hybridized carbons (Fsp3) is 0.0833. The Morgan fingerprint density at radius 1 is 1.41 bits per heavy atom. The van der Waals surface area contributed by atoms with Crippen molar-refractivity contribution in [3.63, 3.8) is 0 Å². The van der Waals surface area contributed by atoms with Gasteiger partial charge in [0, 0.05) is 40.1 Å². The average Bonchev–Trinajstić information content (AvgIpc) is 2.93. The van der Waals surface area contributed by atoms with Crippen LogP contribution in [0.4, 0.5) is 5.13 Å². The quantitative estimate of drug-likeness (QED) is 0.734. The number of halogens is 1. The minimum absolute atomic E-state index is 0.738. The second-order valence-electron chi connectivity index (χ2n) is 3.68. The van der Waals surface area contributed by atoms with Gasteiger partial charge in [0.05, 0.1) is 5.69 Å². The number of aromatic amines is 1. The first-order valence-corrected chi connectivity index (χ1v) is 6.44. The van der Waals surface area contributed by atoms with Gasteiger partial charge in [-0.05, 0) is 18.2 Å². The number of benzene rings is 1. The molecule has 0 spiro atoms. The first-order valence-electron chi connectivity index (χ1n) is 5.18. The zero-order chi connectivity index (χ0) is 11.8. The second-order valence-corrected chi connectivity index (χ2v) is 4.97. The van der Waals surface area contributed by atoms with Gasteiger partial charge >= 0.3 is 0 Å². The number of hydrogen-bond donors (Lipinski definition) is 2. The largest absolute Gasteiger partial charge is 0.365 e. The molecule has 0 aliphatic heterocycles. The van der Waals surface area contributed by atoms with Gasteiger partial charge in [-0.3, -0.25) is 0 Å². The van der Waals surface area contributed by atoms with Gasteiger partial charge in [-0.2, -0.15) is 0 Å². The van der Waals surface area contributed by atoms with Crippen LogP contribution in [0, 0.1) is 0 Å². The molecular formula is C12H10ClN3S. The lowest BCUT2D eigenvalue weighted by molar-refractivity contribution is 1.36. The number of anilines is 1. The molecular weight excluding hydrogens is 254 g/mol. The van der Waals surface area contributed by atoms with E-state index in [0.717, 1.165) is 32.3 Å². The van der Waals surface area contributed by atoms with Crippen molar-refractivity contribution in [3.05, 3.63) is 34.8 Å². The summed E-state index contributed by atoms with van der Waals surface area (Å²) >= 11 is 7.61. The molecule has 3 aromatic rings. The summed E-state index contributed by atoms with van der Waals surface area (Å²) in [5, 5.41) is 7.83. The molecule has 0 fully saturated rings. The highest BCUT2D eigenvalue weighted by molar-refractivity contribution is 7.14. The van der Waals surface area contributed by atoms with Crippen molar-refractivity contribution in [2.45, 2.75) is 0 Å². The molecule has 0 amide bonds. The second kappa shape index (κ2) is 4.05. The van der Waals surface area contributed by atoms with Gasteiger partial charge in [0.2, 0.25) is 0 Å². The van der Waals surface area contributed by atoms with Gasteiger partial charge in [-0.15, -0.1) is 11.3 Å². The van der Waals surface area contributed by atoms with Crippen molar-refractivity contribution in [2.75, 3.05) is 12.4 Å². The molecule has 0 unspecified atom stereocenters. The summed E-state index contributed by atoms with van der Waals surface area (Å²) in [4.78, 5) is 7.72. The lowest BCUT2D eigenvalue weighted by Gasteiger charge is -1.95. The van der Waals surface area contributed by atoms with Gasteiger partial charge in [0.25, 0.3) is 0 Å². The molecule has 0 atom stereocenters. The highest BCUT2D eigenvalue weighted by Gasteiger charge is 2.09. The van der Waals surface area contributed by atoms with Crippen LogP contribution in [0.5, 0.6) is 0 Å².